The second-order valence-corrected chi connectivity index (χ2v) is 10.3. The lowest BCUT2D eigenvalue weighted by molar-refractivity contribution is -0.0372. The zero-order valence-electron chi connectivity index (χ0n) is 18.5. The molecule has 1 aromatic heterocycles. The number of benzene rings is 1. The monoisotopic (exact) mass is 364 g/mol. The van der Waals surface area contributed by atoms with Gasteiger partial charge in [0.25, 0.3) is 0 Å². The molecule has 0 atom stereocenters. The molecule has 1 aliphatic rings. The van der Waals surface area contributed by atoms with Crippen LogP contribution in [0, 0.1) is 41.9 Å². The first-order valence-corrected chi connectivity index (χ1v) is 9.77. The van der Waals surface area contributed by atoms with Gasteiger partial charge < -0.3 is 4.42 Å². The third-order valence-corrected chi connectivity index (χ3v) is 8.30. The van der Waals surface area contributed by atoms with E-state index in [2.05, 4.69) is 74.2 Å². The van der Waals surface area contributed by atoms with Gasteiger partial charge in [-0.3, -0.25) is 0 Å². The Kier molecular flexibility index (Phi) is 4.03. The van der Waals surface area contributed by atoms with Crippen LogP contribution in [-0.4, -0.2) is 0 Å². The van der Waals surface area contributed by atoms with Gasteiger partial charge in [0.2, 0.25) is 0 Å². The predicted molar refractivity (Wildman–Crippen MR) is 113 cm³/mol. The Hall–Kier alpha value is -2.01. The molecular weight excluding hydrogens is 332 g/mol. The van der Waals surface area contributed by atoms with E-state index in [1.165, 1.54) is 11.1 Å². The van der Waals surface area contributed by atoms with Gasteiger partial charge in [0.05, 0.1) is 0 Å². The van der Waals surface area contributed by atoms with E-state index in [1.807, 2.05) is 13.0 Å². The number of hydrogen-bond donors (Lipinski definition) is 0. The summed E-state index contributed by atoms with van der Waals surface area (Å²) in [7, 11) is 0. The fraction of sp³-hybridized carbons (Fsp3) is 0.560. The fourth-order valence-corrected chi connectivity index (χ4v) is 4.90. The zero-order chi connectivity index (χ0) is 20.6. The molecule has 0 amide bonds. The maximum atomic E-state index is 11.9. The highest BCUT2D eigenvalue weighted by Gasteiger charge is 2.56. The lowest BCUT2D eigenvalue weighted by Crippen LogP contribution is -2.54. The Bertz CT molecular complexity index is 1060. The number of aryl methyl sites for hydroxylation is 2. The molecule has 2 heteroatoms. The van der Waals surface area contributed by atoms with E-state index in [4.69, 9.17) is 4.42 Å². The molecule has 2 aromatic rings. The van der Waals surface area contributed by atoms with Gasteiger partial charge in [-0.25, -0.2) is 4.79 Å². The van der Waals surface area contributed by atoms with Crippen molar-refractivity contribution in [3.8, 4) is 11.8 Å². The average Bonchev–Trinajstić information content (AvgIpc) is 2.50. The molecule has 0 unspecified atom stereocenters. The molecule has 144 valence electrons. The molecular formula is C25H32O2. The predicted octanol–water partition coefficient (Wildman–Crippen LogP) is 6.13. The number of fused-ring (bicyclic) bond motifs is 2. The Morgan fingerprint density at radius 2 is 1.48 bits per heavy atom. The van der Waals surface area contributed by atoms with Gasteiger partial charge in [-0.2, -0.15) is 0 Å². The Balaban J connectivity index is 2.56. The first-order valence-electron chi connectivity index (χ1n) is 9.77. The van der Waals surface area contributed by atoms with Crippen molar-refractivity contribution in [3.63, 3.8) is 0 Å². The Morgan fingerprint density at radius 3 is 2.07 bits per heavy atom. The second-order valence-electron chi connectivity index (χ2n) is 10.3. The van der Waals surface area contributed by atoms with Gasteiger partial charge in [0.1, 0.15) is 5.58 Å². The first-order chi connectivity index (χ1) is 12.1. The molecule has 1 aromatic carbocycles. The summed E-state index contributed by atoms with van der Waals surface area (Å²) in [6.07, 6.45) is 0. The SMILES string of the molecule is Cc1cc(=O)oc2cc3c(c(C)c12)C(C)(C)C(C)(C)C(C)(C)C(C)(C)C#C3. The maximum absolute atomic E-state index is 11.9. The molecule has 0 spiro atoms. The van der Waals surface area contributed by atoms with E-state index in [0.29, 0.717) is 5.58 Å². The molecule has 0 saturated heterocycles. The molecule has 0 radical (unpaired) electrons. The number of rotatable bonds is 0. The average molecular weight is 365 g/mol. The summed E-state index contributed by atoms with van der Waals surface area (Å²) in [4.78, 5) is 11.9. The van der Waals surface area contributed by atoms with Crippen molar-refractivity contribution in [2.24, 2.45) is 16.2 Å². The normalized spacial score (nSPS) is 21.6. The summed E-state index contributed by atoms with van der Waals surface area (Å²) >= 11 is 0. The van der Waals surface area contributed by atoms with Crippen molar-refractivity contribution in [1.82, 2.24) is 0 Å². The quantitative estimate of drug-likeness (QED) is 0.416. The van der Waals surface area contributed by atoms with Crippen LogP contribution in [0.2, 0.25) is 0 Å². The summed E-state index contributed by atoms with van der Waals surface area (Å²) in [6, 6.07) is 3.56. The van der Waals surface area contributed by atoms with Crippen LogP contribution in [0.25, 0.3) is 11.0 Å². The fourth-order valence-electron chi connectivity index (χ4n) is 4.90. The van der Waals surface area contributed by atoms with Gasteiger partial charge in [0, 0.05) is 22.4 Å². The highest BCUT2D eigenvalue weighted by Crippen LogP contribution is 2.61. The lowest BCUT2D eigenvalue weighted by Gasteiger charge is -2.58. The molecule has 2 nitrogen and oxygen atoms in total. The molecule has 0 fully saturated rings. The summed E-state index contributed by atoms with van der Waals surface area (Å²) in [5.74, 6) is 7.02. The molecule has 0 saturated carbocycles. The van der Waals surface area contributed by atoms with Crippen LogP contribution in [0.1, 0.15) is 77.6 Å². The van der Waals surface area contributed by atoms with Gasteiger partial charge in [-0.1, -0.05) is 53.4 Å². The van der Waals surface area contributed by atoms with Crippen LogP contribution in [0.3, 0.4) is 0 Å². The Morgan fingerprint density at radius 1 is 0.889 bits per heavy atom. The molecule has 0 bridgehead atoms. The standard InChI is InChI=1S/C25H32O2/c1-15-13-19(26)27-18-14-17-11-12-22(3,4)24(7,8)25(9,10)23(5,6)21(17)16(2)20(15)18/h13-14H,1-10H3. The minimum atomic E-state index is -0.306. The molecule has 3 rings (SSSR count). The summed E-state index contributed by atoms with van der Waals surface area (Å²) < 4.78 is 5.55. The largest absolute Gasteiger partial charge is 0.423 e. The van der Waals surface area contributed by atoms with Crippen molar-refractivity contribution in [3.05, 3.63) is 44.8 Å². The van der Waals surface area contributed by atoms with E-state index < -0.39 is 0 Å². The minimum absolute atomic E-state index is 0.0200. The van der Waals surface area contributed by atoms with Gasteiger partial charge >= 0.3 is 5.63 Å². The van der Waals surface area contributed by atoms with Crippen molar-refractivity contribution < 1.29 is 4.42 Å². The van der Waals surface area contributed by atoms with Crippen LogP contribution < -0.4 is 5.63 Å². The van der Waals surface area contributed by atoms with Crippen LogP contribution in [0.4, 0.5) is 0 Å². The van der Waals surface area contributed by atoms with Crippen molar-refractivity contribution in [1.29, 1.82) is 0 Å². The van der Waals surface area contributed by atoms with Gasteiger partial charge in [-0.05, 0) is 66.7 Å². The van der Waals surface area contributed by atoms with Crippen molar-refractivity contribution >= 4 is 11.0 Å². The van der Waals surface area contributed by atoms with E-state index in [0.717, 1.165) is 16.5 Å². The topological polar surface area (TPSA) is 30.2 Å². The van der Waals surface area contributed by atoms with Crippen molar-refractivity contribution in [2.45, 2.75) is 74.7 Å². The van der Waals surface area contributed by atoms with Crippen LogP contribution in [0.15, 0.2) is 21.3 Å². The molecule has 0 N–H and O–H groups in total. The van der Waals surface area contributed by atoms with E-state index in [1.54, 1.807) is 6.07 Å². The molecule has 1 heterocycles. The highest BCUT2D eigenvalue weighted by atomic mass is 16.4. The van der Waals surface area contributed by atoms with Gasteiger partial charge in [0.15, 0.2) is 0 Å². The second kappa shape index (κ2) is 5.51. The highest BCUT2D eigenvalue weighted by molar-refractivity contribution is 5.87. The van der Waals surface area contributed by atoms with Crippen LogP contribution in [-0.2, 0) is 5.41 Å². The van der Waals surface area contributed by atoms with E-state index >= 15 is 0 Å². The molecule has 27 heavy (non-hydrogen) atoms. The molecule has 0 aliphatic heterocycles. The van der Waals surface area contributed by atoms with Crippen LogP contribution in [0.5, 0.6) is 0 Å². The van der Waals surface area contributed by atoms with Crippen molar-refractivity contribution in [2.75, 3.05) is 0 Å². The van der Waals surface area contributed by atoms with Crippen LogP contribution >= 0.6 is 0 Å². The number of hydrogen-bond acceptors (Lipinski definition) is 2. The molecule has 1 aliphatic carbocycles. The zero-order valence-corrected chi connectivity index (χ0v) is 18.5. The first kappa shape index (κ1) is 19.7. The van der Waals surface area contributed by atoms with E-state index in [-0.39, 0.29) is 27.3 Å². The summed E-state index contributed by atoms with van der Waals surface area (Å²) in [6.45, 7) is 22.7. The summed E-state index contributed by atoms with van der Waals surface area (Å²) in [5.41, 5.74) is 4.38. The summed E-state index contributed by atoms with van der Waals surface area (Å²) in [5, 5.41) is 1.04. The third kappa shape index (κ3) is 2.44. The Labute approximate surface area is 163 Å². The minimum Gasteiger partial charge on any atom is -0.423 e. The smallest absolute Gasteiger partial charge is 0.336 e. The maximum Gasteiger partial charge on any atom is 0.336 e. The van der Waals surface area contributed by atoms with E-state index in [9.17, 15) is 4.79 Å². The third-order valence-electron chi connectivity index (χ3n) is 8.30. The lowest BCUT2D eigenvalue weighted by atomic mass is 9.45. The van der Waals surface area contributed by atoms with Gasteiger partial charge in [-0.15, -0.1) is 0 Å².